The van der Waals surface area contributed by atoms with Gasteiger partial charge in [0.25, 0.3) is 0 Å². The van der Waals surface area contributed by atoms with E-state index in [1.54, 1.807) is 18.2 Å². The van der Waals surface area contributed by atoms with Crippen molar-refractivity contribution in [2.24, 2.45) is 0 Å². The molecular formula is C26H34BrN3O8S2. The molecule has 3 aliphatic rings. The molecule has 2 atom stereocenters. The molecule has 2 fully saturated rings. The number of aliphatic hydroxyl groups excluding tert-OH is 1. The van der Waals surface area contributed by atoms with Crippen LogP contribution in [0.1, 0.15) is 24.8 Å². The summed E-state index contributed by atoms with van der Waals surface area (Å²) in [5.74, 6) is 0.808. The van der Waals surface area contributed by atoms with E-state index in [4.69, 9.17) is 14.2 Å². The normalized spacial score (nSPS) is 21.7. The van der Waals surface area contributed by atoms with Crippen LogP contribution >= 0.6 is 15.9 Å². The van der Waals surface area contributed by atoms with E-state index in [0.29, 0.717) is 63.5 Å². The molecule has 0 radical (unpaired) electrons. The number of aliphatic hydroxyl groups is 1. The lowest BCUT2D eigenvalue weighted by Crippen LogP contribution is -2.47. The molecule has 11 nitrogen and oxygen atoms in total. The van der Waals surface area contributed by atoms with Gasteiger partial charge in [-0.2, -0.15) is 4.31 Å². The lowest BCUT2D eigenvalue weighted by atomic mass is 9.88. The predicted molar refractivity (Wildman–Crippen MR) is 151 cm³/mol. The van der Waals surface area contributed by atoms with Crippen LogP contribution in [0, 0.1) is 0 Å². The highest BCUT2D eigenvalue weighted by atomic mass is 79.9. The molecule has 1 spiro atoms. The Kier molecular flexibility index (Phi) is 8.79. The first-order chi connectivity index (χ1) is 19.0. The van der Waals surface area contributed by atoms with Crippen molar-refractivity contribution in [3.63, 3.8) is 0 Å². The molecule has 0 bridgehead atoms. The summed E-state index contributed by atoms with van der Waals surface area (Å²) in [5.41, 5.74) is 0.498. The van der Waals surface area contributed by atoms with Crippen molar-refractivity contribution in [1.29, 1.82) is 0 Å². The minimum Gasteiger partial charge on any atom is -0.492 e. The van der Waals surface area contributed by atoms with Crippen LogP contribution in [0.3, 0.4) is 0 Å². The molecule has 2 aromatic carbocycles. The summed E-state index contributed by atoms with van der Waals surface area (Å²) < 4.78 is 72.9. The van der Waals surface area contributed by atoms with Crippen LogP contribution in [0.15, 0.2) is 50.7 Å². The smallest absolute Gasteiger partial charge is 0.246 e. The Morgan fingerprint density at radius 2 is 1.98 bits per heavy atom. The minimum absolute atomic E-state index is 0.00931. The third-order valence-corrected chi connectivity index (χ3v) is 11.4. The van der Waals surface area contributed by atoms with Gasteiger partial charge in [0.05, 0.1) is 23.7 Å². The maximum atomic E-state index is 13.5. The second-order valence-corrected chi connectivity index (χ2v) is 15.1. The number of ether oxygens (including phenoxy) is 3. The van der Waals surface area contributed by atoms with Gasteiger partial charge in [-0.1, -0.05) is 22.0 Å². The molecule has 220 valence electrons. The largest absolute Gasteiger partial charge is 0.492 e. The van der Waals surface area contributed by atoms with Crippen LogP contribution < -0.4 is 19.5 Å². The third-order valence-electron chi connectivity index (χ3n) is 7.64. The fourth-order valence-electron chi connectivity index (χ4n) is 5.43. The van der Waals surface area contributed by atoms with Gasteiger partial charge < -0.3 is 24.6 Å². The Bertz CT molecular complexity index is 1450. The number of rotatable bonds is 10. The van der Waals surface area contributed by atoms with Crippen molar-refractivity contribution < 1.29 is 36.2 Å². The Morgan fingerprint density at radius 1 is 1.20 bits per heavy atom. The van der Waals surface area contributed by atoms with Crippen molar-refractivity contribution in [3.8, 4) is 11.5 Å². The first-order valence-electron chi connectivity index (χ1n) is 13.2. The number of piperidine rings is 1. The van der Waals surface area contributed by atoms with Crippen LogP contribution in [-0.4, -0.2) is 90.5 Å². The molecule has 2 saturated heterocycles. The zero-order valence-corrected chi connectivity index (χ0v) is 25.4. The summed E-state index contributed by atoms with van der Waals surface area (Å²) in [6.07, 6.45) is 1.76. The van der Waals surface area contributed by atoms with Crippen molar-refractivity contribution >= 4 is 36.0 Å². The number of halogens is 1. The summed E-state index contributed by atoms with van der Waals surface area (Å²) in [7, 11) is -5.96. The van der Waals surface area contributed by atoms with Crippen LogP contribution in [0.5, 0.6) is 11.5 Å². The SMILES string of the molecule is CNS(=O)(=O)c1cccc(OC[C@@H](O)CNC2COC3(CCN(S(=O)(=O)c4cc(Br)cc5c4OCC5)CC3)C2)c1. The summed E-state index contributed by atoms with van der Waals surface area (Å²) in [4.78, 5) is 0.296. The number of nitrogens with zero attached hydrogens (tertiary/aromatic N) is 1. The average molecular weight is 661 g/mol. The Morgan fingerprint density at radius 3 is 2.73 bits per heavy atom. The van der Waals surface area contributed by atoms with Gasteiger partial charge in [-0.15, -0.1) is 0 Å². The van der Waals surface area contributed by atoms with Crippen molar-refractivity contribution in [2.45, 2.75) is 53.2 Å². The molecule has 0 aromatic heterocycles. The number of sulfonamides is 2. The summed E-state index contributed by atoms with van der Waals surface area (Å²) in [5, 5.41) is 13.7. The highest BCUT2D eigenvalue weighted by Crippen LogP contribution is 2.41. The molecule has 1 unspecified atom stereocenters. The van der Waals surface area contributed by atoms with Gasteiger partial charge in [0, 0.05) is 48.2 Å². The molecule has 3 N–H and O–H groups in total. The number of nitrogens with one attached hydrogen (secondary N) is 2. The number of hydrogen-bond donors (Lipinski definition) is 3. The van der Waals surface area contributed by atoms with E-state index in [2.05, 4.69) is 26.0 Å². The Balaban J connectivity index is 1.10. The van der Waals surface area contributed by atoms with Gasteiger partial charge in [-0.25, -0.2) is 21.6 Å². The first-order valence-corrected chi connectivity index (χ1v) is 16.9. The Labute approximate surface area is 243 Å². The van der Waals surface area contributed by atoms with Crippen LogP contribution in [0.2, 0.25) is 0 Å². The fraction of sp³-hybridized carbons (Fsp3) is 0.538. The van der Waals surface area contributed by atoms with Gasteiger partial charge in [0.1, 0.15) is 29.1 Å². The van der Waals surface area contributed by atoms with E-state index < -0.39 is 31.8 Å². The lowest BCUT2D eigenvalue weighted by molar-refractivity contribution is -0.0312. The standard InChI is InChI=1S/C26H34BrN3O8S2/c1-28-39(32,33)23-4-2-3-22(13-23)37-17-21(31)15-29-20-14-26(38-16-20)6-8-30(9-7-26)40(34,35)24-12-19(27)11-18-5-10-36-25(18)24/h2-4,11-13,20-21,28-29,31H,5-10,14-17H2,1H3/t20?,21-/m0/s1. The van der Waals surface area contributed by atoms with Crippen molar-refractivity contribution in [3.05, 3.63) is 46.4 Å². The van der Waals surface area contributed by atoms with Crippen molar-refractivity contribution in [2.75, 3.05) is 46.5 Å². The second kappa shape index (κ2) is 11.8. The monoisotopic (exact) mass is 659 g/mol. The molecule has 0 amide bonds. The van der Waals surface area contributed by atoms with E-state index >= 15 is 0 Å². The van der Waals surface area contributed by atoms with Gasteiger partial charge in [0.15, 0.2) is 0 Å². The molecule has 14 heteroatoms. The number of fused-ring (bicyclic) bond motifs is 1. The zero-order valence-electron chi connectivity index (χ0n) is 22.1. The molecule has 0 aliphatic carbocycles. The molecule has 0 saturated carbocycles. The number of hydrogen-bond acceptors (Lipinski definition) is 9. The van der Waals surface area contributed by atoms with E-state index in [9.17, 15) is 21.9 Å². The van der Waals surface area contributed by atoms with Crippen LogP contribution in [0.4, 0.5) is 0 Å². The van der Waals surface area contributed by atoms with E-state index in [1.165, 1.54) is 23.5 Å². The summed E-state index contributed by atoms with van der Waals surface area (Å²) >= 11 is 3.43. The first kappa shape index (κ1) is 29.7. The topological polar surface area (TPSA) is 144 Å². The Hall–Kier alpha value is -1.78. The maximum Gasteiger partial charge on any atom is 0.246 e. The molecule has 3 aliphatic heterocycles. The van der Waals surface area contributed by atoms with E-state index in [1.807, 2.05) is 6.07 Å². The quantitative estimate of drug-likeness (QED) is 0.347. The summed E-state index contributed by atoms with van der Waals surface area (Å²) in [6.45, 7) is 1.92. The van der Waals surface area contributed by atoms with Crippen molar-refractivity contribution in [1.82, 2.24) is 14.3 Å². The maximum absolute atomic E-state index is 13.5. The molecule has 40 heavy (non-hydrogen) atoms. The predicted octanol–water partition coefficient (Wildman–Crippen LogP) is 1.63. The van der Waals surface area contributed by atoms with E-state index in [0.717, 1.165) is 10.0 Å². The minimum atomic E-state index is -3.71. The van der Waals surface area contributed by atoms with Gasteiger partial charge in [-0.3, -0.25) is 0 Å². The van der Waals surface area contributed by atoms with Crippen LogP contribution in [-0.2, 0) is 31.2 Å². The summed E-state index contributed by atoms with van der Waals surface area (Å²) in [6, 6.07) is 9.62. The molecular weight excluding hydrogens is 626 g/mol. The average Bonchev–Trinajstić information content (AvgIpc) is 3.57. The molecule has 5 rings (SSSR count). The zero-order chi connectivity index (χ0) is 28.5. The number of benzene rings is 2. The van der Waals surface area contributed by atoms with Crippen LogP contribution in [0.25, 0.3) is 0 Å². The van der Waals surface area contributed by atoms with E-state index in [-0.39, 0.29) is 29.0 Å². The van der Waals surface area contributed by atoms with Gasteiger partial charge in [0.2, 0.25) is 20.0 Å². The highest BCUT2D eigenvalue weighted by molar-refractivity contribution is 9.10. The second-order valence-electron chi connectivity index (χ2n) is 10.3. The molecule has 3 heterocycles. The third kappa shape index (κ3) is 6.33. The fourth-order valence-corrected chi connectivity index (χ4v) is 8.49. The molecule has 2 aromatic rings. The lowest BCUT2D eigenvalue weighted by Gasteiger charge is -2.38. The van der Waals surface area contributed by atoms with Gasteiger partial charge in [-0.05, 0) is 50.6 Å². The van der Waals surface area contributed by atoms with Gasteiger partial charge >= 0.3 is 0 Å². The highest BCUT2D eigenvalue weighted by Gasteiger charge is 2.45.